The molecule has 4 heteroatoms. The van der Waals surface area contributed by atoms with Gasteiger partial charge in [-0.3, -0.25) is 4.79 Å². The Balaban J connectivity index is 1.87. The zero-order valence-corrected chi connectivity index (χ0v) is 15.1. The van der Waals surface area contributed by atoms with Crippen LogP contribution in [-0.4, -0.2) is 24.9 Å². The summed E-state index contributed by atoms with van der Waals surface area (Å²) in [5.41, 5.74) is 1.01. The van der Waals surface area contributed by atoms with E-state index in [-0.39, 0.29) is 12.1 Å². The molecule has 1 heterocycles. The van der Waals surface area contributed by atoms with Crippen LogP contribution in [0.5, 0.6) is 0 Å². The van der Waals surface area contributed by atoms with E-state index in [9.17, 15) is 4.79 Å². The molecule has 0 saturated heterocycles. The lowest BCUT2D eigenvalue weighted by atomic mass is 10.0. The van der Waals surface area contributed by atoms with E-state index in [2.05, 4.69) is 16.8 Å². The van der Waals surface area contributed by atoms with Crippen LogP contribution in [0.2, 0.25) is 0 Å². The normalized spacial score (nSPS) is 17.0. The molecule has 134 valence electrons. The van der Waals surface area contributed by atoms with E-state index >= 15 is 0 Å². The first kappa shape index (κ1) is 20.0. The van der Waals surface area contributed by atoms with Crippen LogP contribution in [-0.2, 0) is 14.4 Å². The zero-order chi connectivity index (χ0) is 16.8. The lowest BCUT2D eigenvalue weighted by Crippen LogP contribution is -2.09. The van der Waals surface area contributed by atoms with E-state index in [4.69, 9.17) is 4.84 Å². The van der Waals surface area contributed by atoms with E-state index in [1.54, 1.807) is 0 Å². The standard InChI is InChI=1S/C19H35NO3/c1-3-4-5-6-7-8-9-10-11-12-13-18-16-17(20-23-18)14-15-19(21)22-2/h18H,3-16H2,1-2H3. The topological polar surface area (TPSA) is 47.9 Å². The van der Waals surface area contributed by atoms with Crippen LogP contribution in [0.25, 0.3) is 0 Å². The Morgan fingerprint density at radius 2 is 1.70 bits per heavy atom. The van der Waals surface area contributed by atoms with Gasteiger partial charge in [0.05, 0.1) is 19.2 Å². The molecule has 0 aliphatic carbocycles. The van der Waals surface area contributed by atoms with E-state index in [1.165, 1.54) is 71.3 Å². The van der Waals surface area contributed by atoms with Crippen molar-refractivity contribution in [3.8, 4) is 0 Å². The van der Waals surface area contributed by atoms with E-state index < -0.39 is 0 Å². The largest absolute Gasteiger partial charge is 0.469 e. The molecule has 0 amide bonds. The summed E-state index contributed by atoms with van der Waals surface area (Å²) in [5, 5.41) is 4.10. The summed E-state index contributed by atoms with van der Waals surface area (Å²) < 4.78 is 4.64. The van der Waals surface area contributed by atoms with Crippen LogP contribution >= 0.6 is 0 Å². The van der Waals surface area contributed by atoms with Crippen LogP contribution in [0.4, 0.5) is 0 Å². The van der Waals surface area contributed by atoms with Crippen molar-refractivity contribution in [1.82, 2.24) is 0 Å². The lowest BCUT2D eigenvalue weighted by molar-refractivity contribution is -0.140. The van der Waals surface area contributed by atoms with Gasteiger partial charge in [0.15, 0.2) is 0 Å². The highest BCUT2D eigenvalue weighted by Gasteiger charge is 2.20. The Labute approximate surface area is 142 Å². The van der Waals surface area contributed by atoms with Gasteiger partial charge in [-0.15, -0.1) is 0 Å². The highest BCUT2D eigenvalue weighted by molar-refractivity contribution is 5.88. The molecule has 0 radical (unpaired) electrons. The van der Waals surface area contributed by atoms with Crippen molar-refractivity contribution < 1.29 is 14.4 Å². The third-order valence-electron chi connectivity index (χ3n) is 4.52. The number of carbonyl (C=O) groups excluding carboxylic acids is 1. The predicted molar refractivity (Wildman–Crippen MR) is 94.6 cm³/mol. The molecule has 1 aliphatic rings. The first-order chi connectivity index (χ1) is 11.3. The van der Waals surface area contributed by atoms with Gasteiger partial charge in [0, 0.05) is 6.42 Å². The lowest BCUT2D eigenvalue weighted by Gasteiger charge is -2.07. The number of oxime groups is 1. The SMILES string of the molecule is CCCCCCCCCCCCC1CC(CCC(=O)OC)=NO1. The van der Waals surface area contributed by atoms with Crippen molar-refractivity contribution in [2.24, 2.45) is 5.16 Å². The number of rotatable bonds is 14. The van der Waals surface area contributed by atoms with Crippen molar-refractivity contribution in [3.63, 3.8) is 0 Å². The number of nitrogens with zero attached hydrogens (tertiary/aromatic N) is 1. The minimum atomic E-state index is -0.175. The van der Waals surface area contributed by atoms with E-state index in [1.807, 2.05) is 0 Å². The van der Waals surface area contributed by atoms with Crippen molar-refractivity contribution in [1.29, 1.82) is 0 Å². The Morgan fingerprint density at radius 1 is 1.09 bits per heavy atom. The molecule has 0 spiro atoms. The molecule has 1 unspecified atom stereocenters. The average molecular weight is 325 g/mol. The van der Waals surface area contributed by atoms with Gasteiger partial charge < -0.3 is 9.57 Å². The van der Waals surface area contributed by atoms with Crippen molar-refractivity contribution in [2.45, 2.75) is 103 Å². The summed E-state index contributed by atoms with van der Waals surface area (Å²) in [6, 6.07) is 0. The second-order valence-electron chi connectivity index (χ2n) is 6.64. The molecule has 0 N–H and O–H groups in total. The molecule has 23 heavy (non-hydrogen) atoms. The molecular formula is C19H35NO3. The maximum absolute atomic E-state index is 11.1. The number of unbranched alkanes of at least 4 members (excludes halogenated alkanes) is 9. The smallest absolute Gasteiger partial charge is 0.305 e. The molecule has 0 bridgehead atoms. The fourth-order valence-corrected chi connectivity index (χ4v) is 3.00. The monoisotopic (exact) mass is 325 g/mol. The van der Waals surface area contributed by atoms with E-state index in [0.29, 0.717) is 12.8 Å². The molecule has 0 aromatic rings. The van der Waals surface area contributed by atoms with Crippen molar-refractivity contribution in [3.05, 3.63) is 0 Å². The molecule has 0 saturated carbocycles. The van der Waals surface area contributed by atoms with Crippen LogP contribution in [0.1, 0.15) is 96.8 Å². The molecule has 1 aliphatic heterocycles. The first-order valence-corrected chi connectivity index (χ1v) is 9.54. The quantitative estimate of drug-likeness (QED) is 0.317. The number of hydrogen-bond donors (Lipinski definition) is 0. The molecule has 1 rings (SSSR count). The summed E-state index contributed by atoms with van der Waals surface area (Å²) in [7, 11) is 1.42. The maximum Gasteiger partial charge on any atom is 0.305 e. The number of ether oxygens (including phenoxy) is 1. The summed E-state index contributed by atoms with van der Waals surface area (Å²) >= 11 is 0. The average Bonchev–Trinajstić information content (AvgIpc) is 3.02. The van der Waals surface area contributed by atoms with Crippen molar-refractivity contribution in [2.75, 3.05) is 7.11 Å². The number of hydrogen-bond acceptors (Lipinski definition) is 4. The number of methoxy groups -OCH3 is 1. The third kappa shape index (κ3) is 10.4. The summed E-state index contributed by atoms with van der Waals surface area (Å²) in [6.45, 7) is 2.27. The van der Waals surface area contributed by atoms with Gasteiger partial charge in [0.25, 0.3) is 0 Å². The highest BCUT2D eigenvalue weighted by atomic mass is 16.6. The van der Waals surface area contributed by atoms with Crippen LogP contribution in [0.3, 0.4) is 0 Å². The second kappa shape index (κ2) is 13.4. The van der Waals surface area contributed by atoms with Crippen LogP contribution in [0, 0.1) is 0 Å². The number of carbonyl (C=O) groups is 1. The summed E-state index contributed by atoms with van der Waals surface area (Å²) in [6.07, 6.45) is 16.9. The summed E-state index contributed by atoms with van der Waals surface area (Å²) in [5.74, 6) is -0.175. The van der Waals surface area contributed by atoms with Gasteiger partial charge in [-0.2, -0.15) is 0 Å². The van der Waals surface area contributed by atoms with E-state index in [0.717, 1.165) is 18.6 Å². The van der Waals surface area contributed by atoms with Crippen molar-refractivity contribution >= 4 is 11.7 Å². The molecule has 4 nitrogen and oxygen atoms in total. The summed E-state index contributed by atoms with van der Waals surface area (Å²) in [4.78, 5) is 16.6. The Hall–Kier alpha value is -1.06. The van der Waals surface area contributed by atoms with Crippen LogP contribution in [0.15, 0.2) is 5.16 Å². The van der Waals surface area contributed by atoms with Crippen LogP contribution < -0.4 is 0 Å². The van der Waals surface area contributed by atoms with Gasteiger partial charge in [-0.05, 0) is 19.3 Å². The molecule has 0 aromatic carbocycles. The molecule has 0 aromatic heterocycles. The minimum absolute atomic E-state index is 0.175. The fourth-order valence-electron chi connectivity index (χ4n) is 3.00. The maximum atomic E-state index is 11.1. The third-order valence-corrected chi connectivity index (χ3v) is 4.52. The zero-order valence-electron chi connectivity index (χ0n) is 15.1. The molecule has 0 fully saturated rings. The van der Waals surface area contributed by atoms with Gasteiger partial charge in [0.2, 0.25) is 0 Å². The Bertz CT molecular complexity index is 342. The van der Waals surface area contributed by atoms with Gasteiger partial charge in [0.1, 0.15) is 6.10 Å². The first-order valence-electron chi connectivity index (χ1n) is 9.54. The second-order valence-corrected chi connectivity index (χ2v) is 6.64. The highest BCUT2D eigenvalue weighted by Crippen LogP contribution is 2.20. The van der Waals surface area contributed by atoms with Gasteiger partial charge >= 0.3 is 5.97 Å². The Morgan fingerprint density at radius 3 is 2.30 bits per heavy atom. The Kier molecular flexibility index (Phi) is 11.6. The fraction of sp³-hybridized carbons (Fsp3) is 0.895. The van der Waals surface area contributed by atoms with Gasteiger partial charge in [-0.25, -0.2) is 0 Å². The van der Waals surface area contributed by atoms with Gasteiger partial charge in [-0.1, -0.05) is 69.9 Å². The number of esters is 1. The minimum Gasteiger partial charge on any atom is -0.469 e. The molecular weight excluding hydrogens is 290 g/mol. The molecule has 1 atom stereocenters. The predicted octanol–water partition coefficient (Wildman–Crippen LogP) is 5.40.